The summed E-state index contributed by atoms with van der Waals surface area (Å²) >= 11 is 5.71. The number of nitrogens with zero attached hydrogens (tertiary/aromatic N) is 1. The van der Waals surface area contributed by atoms with Gasteiger partial charge in [0.15, 0.2) is 0 Å². The second-order valence-corrected chi connectivity index (χ2v) is 5.13. The van der Waals surface area contributed by atoms with Crippen LogP contribution in [0.2, 0.25) is 5.02 Å². The molecule has 20 heavy (non-hydrogen) atoms. The van der Waals surface area contributed by atoms with Gasteiger partial charge in [0.2, 0.25) is 5.91 Å². The standard InChI is InChI=1S/C13H17ClFN3O2/c1-8(19)18-2-3-20-10(7-18)6-17-13-11(15)4-9(14)5-12(13)16/h4-5,10,17H,2-3,6-7,16H2,1H3/t10-/m0/s1. The van der Waals surface area contributed by atoms with Gasteiger partial charge < -0.3 is 20.7 Å². The Morgan fingerprint density at radius 3 is 3.05 bits per heavy atom. The van der Waals surface area contributed by atoms with Gasteiger partial charge in [0.25, 0.3) is 0 Å². The predicted molar refractivity (Wildman–Crippen MR) is 76.3 cm³/mol. The number of ether oxygens (including phenoxy) is 1. The van der Waals surface area contributed by atoms with Gasteiger partial charge in [0, 0.05) is 31.6 Å². The molecular weight excluding hydrogens is 285 g/mol. The quantitative estimate of drug-likeness (QED) is 0.834. The molecule has 2 rings (SSSR count). The van der Waals surface area contributed by atoms with Gasteiger partial charge in [-0.05, 0) is 12.1 Å². The molecular formula is C13H17ClFN3O2. The number of rotatable bonds is 3. The van der Waals surface area contributed by atoms with Crippen LogP contribution < -0.4 is 11.1 Å². The van der Waals surface area contributed by atoms with Gasteiger partial charge in [-0.2, -0.15) is 0 Å². The third-order valence-electron chi connectivity index (χ3n) is 3.18. The Morgan fingerprint density at radius 2 is 2.40 bits per heavy atom. The first kappa shape index (κ1) is 14.9. The lowest BCUT2D eigenvalue weighted by molar-refractivity contribution is -0.135. The number of nitrogens with two attached hydrogens (primary N) is 1. The van der Waals surface area contributed by atoms with Gasteiger partial charge in [-0.1, -0.05) is 11.6 Å². The molecule has 1 fully saturated rings. The average Bonchev–Trinajstić information content (AvgIpc) is 2.37. The van der Waals surface area contributed by atoms with Crippen LogP contribution in [0.3, 0.4) is 0 Å². The number of halogens is 2. The third kappa shape index (κ3) is 3.52. The van der Waals surface area contributed by atoms with Crippen LogP contribution in [-0.4, -0.2) is 43.2 Å². The first-order valence-corrected chi connectivity index (χ1v) is 6.70. The van der Waals surface area contributed by atoms with Crippen molar-refractivity contribution < 1.29 is 13.9 Å². The molecule has 1 amide bonds. The summed E-state index contributed by atoms with van der Waals surface area (Å²) in [5.74, 6) is -0.496. The molecule has 1 saturated heterocycles. The van der Waals surface area contributed by atoms with E-state index in [1.165, 1.54) is 19.1 Å². The molecule has 0 spiro atoms. The minimum Gasteiger partial charge on any atom is -0.397 e. The van der Waals surface area contributed by atoms with Crippen molar-refractivity contribution in [3.63, 3.8) is 0 Å². The van der Waals surface area contributed by atoms with Gasteiger partial charge in [-0.15, -0.1) is 0 Å². The van der Waals surface area contributed by atoms with Gasteiger partial charge >= 0.3 is 0 Å². The molecule has 3 N–H and O–H groups in total. The SMILES string of the molecule is CC(=O)N1CCO[C@@H](CNc2c(N)cc(Cl)cc2F)C1. The summed E-state index contributed by atoms with van der Waals surface area (Å²) in [4.78, 5) is 13.0. The van der Waals surface area contributed by atoms with E-state index >= 15 is 0 Å². The first-order valence-electron chi connectivity index (χ1n) is 6.33. The highest BCUT2D eigenvalue weighted by atomic mass is 35.5. The number of hydrogen-bond acceptors (Lipinski definition) is 4. The minimum absolute atomic E-state index is 0.00971. The lowest BCUT2D eigenvalue weighted by Gasteiger charge is -2.32. The van der Waals surface area contributed by atoms with Crippen LogP contribution in [0.4, 0.5) is 15.8 Å². The van der Waals surface area contributed by atoms with Crippen LogP contribution in [-0.2, 0) is 9.53 Å². The summed E-state index contributed by atoms with van der Waals surface area (Å²) in [5, 5.41) is 3.17. The van der Waals surface area contributed by atoms with E-state index in [-0.39, 0.29) is 28.4 Å². The molecule has 5 nitrogen and oxygen atoms in total. The minimum atomic E-state index is -0.505. The average molecular weight is 302 g/mol. The molecule has 1 atom stereocenters. The molecule has 110 valence electrons. The Labute approximate surface area is 121 Å². The smallest absolute Gasteiger partial charge is 0.219 e. The molecule has 0 saturated carbocycles. The Morgan fingerprint density at radius 1 is 1.65 bits per heavy atom. The summed E-state index contributed by atoms with van der Waals surface area (Å²) in [6.07, 6.45) is -0.192. The zero-order chi connectivity index (χ0) is 14.7. The predicted octanol–water partition coefficient (Wildman–Crippen LogP) is 1.72. The molecule has 7 heteroatoms. The molecule has 1 aliphatic heterocycles. The number of morpholine rings is 1. The maximum absolute atomic E-state index is 13.7. The number of anilines is 2. The topological polar surface area (TPSA) is 67.6 Å². The largest absolute Gasteiger partial charge is 0.397 e. The number of nitrogens with one attached hydrogen (secondary N) is 1. The normalized spacial score (nSPS) is 18.9. The Kier molecular flexibility index (Phi) is 4.67. The number of amides is 1. The molecule has 1 aromatic rings. The van der Waals surface area contributed by atoms with Crippen molar-refractivity contribution in [1.29, 1.82) is 0 Å². The van der Waals surface area contributed by atoms with E-state index in [4.69, 9.17) is 22.1 Å². The first-order chi connectivity index (χ1) is 9.47. The monoisotopic (exact) mass is 301 g/mol. The molecule has 0 aliphatic carbocycles. The van der Waals surface area contributed by atoms with Gasteiger partial charge in [0.05, 0.1) is 24.1 Å². The van der Waals surface area contributed by atoms with E-state index in [0.717, 1.165) is 0 Å². The lowest BCUT2D eigenvalue weighted by Crippen LogP contribution is -2.47. The van der Waals surface area contributed by atoms with Crippen molar-refractivity contribution in [2.75, 3.05) is 37.3 Å². The number of hydrogen-bond donors (Lipinski definition) is 2. The number of carbonyl (C=O) groups is 1. The fourth-order valence-corrected chi connectivity index (χ4v) is 2.34. The summed E-state index contributed by atoms with van der Waals surface area (Å²) < 4.78 is 19.3. The van der Waals surface area contributed by atoms with Crippen molar-refractivity contribution in [2.45, 2.75) is 13.0 Å². The summed E-state index contributed by atoms with van der Waals surface area (Å²) in [5.41, 5.74) is 6.17. The van der Waals surface area contributed by atoms with Crippen LogP contribution >= 0.6 is 11.6 Å². The second-order valence-electron chi connectivity index (χ2n) is 4.69. The zero-order valence-electron chi connectivity index (χ0n) is 11.2. The van der Waals surface area contributed by atoms with Gasteiger partial charge in [-0.3, -0.25) is 4.79 Å². The maximum Gasteiger partial charge on any atom is 0.219 e. The fourth-order valence-electron chi connectivity index (χ4n) is 2.12. The summed E-state index contributed by atoms with van der Waals surface area (Å²) in [6.45, 7) is 3.43. The van der Waals surface area contributed by atoms with E-state index in [1.807, 2.05) is 0 Å². The highest BCUT2D eigenvalue weighted by Crippen LogP contribution is 2.26. The molecule has 0 aromatic heterocycles. The highest BCUT2D eigenvalue weighted by Gasteiger charge is 2.22. The lowest BCUT2D eigenvalue weighted by atomic mass is 10.2. The third-order valence-corrected chi connectivity index (χ3v) is 3.39. The summed E-state index contributed by atoms with van der Waals surface area (Å²) in [6, 6.07) is 2.68. The van der Waals surface area contributed by atoms with Crippen molar-refractivity contribution in [3.05, 3.63) is 23.0 Å². The number of benzene rings is 1. The van der Waals surface area contributed by atoms with Crippen LogP contribution in [0.25, 0.3) is 0 Å². The van der Waals surface area contributed by atoms with Crippen LogP contribution in [0.1, 0.15) is 6.92 Å². The van der Waals surface area contributed by atoms with Crippen molar-refractivity contribution in [1.82, 2.24) is 4.90 Å². The zero-order valence-corrected chi connectivity index (χ0v) is 11.9. The van der Waals surface area contributed by atoms with Crippen LogP contribution in [0.15, 0.2) is 12.1 Å². The molecule has 0 radical (unpaired) electrons. The van der Waals surface area contributed by atoms with E-state index in [9.17, 15) is 9.18 Å². The second kappa shape index (κ2) is 6.28. The van der Waals surface area contributed by atoms with Crippen LogP contribution in [0.5, 0.6) is 0 Å². The van der Waals surface area contributed by atoms with Crippen LogP contribution in [0, 0.1) is 5.82 Å². The molecule has 1 aliphatic rings. The van der Waals surface area contributed by atoms with E-state index in [1.54, 1.807) is 4.90 Å². The molecule has 1 heterocycles. The molecule has 1 aromatic carbocycles. The Hall–Kier alpha value is -1.53. The van der Waals surface area contributed by atoms with Crippen molar-refractivity contribution in [2.24, 2.45) is 0 Å². The van der Waals surface area contributed by atoms with Gasteiger partial charge in [-0.25, -0.2) is 4.39 Å². The highest BCUT2D eigenvalue weighted by molar-refractivity contribution is 6.31. The number of nitrogen functional groups attached to an aromatic ring is 1. The summed E-state index contributed by atoms with van der Waals surface area (Å²) in [7, 11) is 0. The van der Waals surface area contributed by atoms with Crippen molar-refractivity contribution in [3.8, 4) is 0 Å². The van der Waals surface area contributed by atoms with E-state index < -0.39 is 5.82 Å². The van der Waals surface area contributed by atoms with Gasteiger partial charge in [0.1, 0.15) is 5.82 Å². The number of carbonyl (C=O) groups excluding carboxylic acids is 1. The van der Waals surface area contributed by atoms with Crippen molar-refractivity contribution >= 4 is 28.9 Å². The van der Waals surface area contributed by atoms with E-state index in [0.29, 0.717) is 26.2 Å². The Bertz CT molecular complexity index is 489. The molecule has 0 bridgehead atoms. The Balaban J connectivity index is 1.97. The fraction of sp³-hybridized carbons (Fsp3) is 0.462. The molecule has 0 unspecified atom stereocenters. The van der Waals surface area contributed by atoms with E-state index in [2.05, 4.69) is 5.32 Å². The maximum atomic E-state index is 13.7.